The normalized spacial score (nSPS) is 22.4. The van der Waals surface area contributed by atoms with Crippen LogP contribution in [-0.2, 0) is 4.74 Å². The zero-order valence-corrected chi connectivity index (χ0v) is 16.7. The maximum atomic E-state index is 12.9. The second-order valence-electron chi connectivity index (χ2n) is 8.73. The Balaban J connectivity index is 1.82. The van der Waals surface area contributed by atoms with Crippen molar-refractivity contribution in [3.05, 3.63) is 23.9 Å². The number of carbonyl (C=O) groups excluding carboxylic acids is 1. The average Bonchev–Trinajstić information content (AvgIpc) is 3.01. The summed E-state index contributed by atoms with van der Waals surface area (Å²) in [7, 11) is 2.17. The molecule has 1 aliphatic heterocycles. The fourth-order valence-electron chi connectivity index (χ4n) is 4.15. The average molecular weight is 360 g/mol. The van der Waals surface area contributed by atoms with Crippen LogP contribution in [0.3, 0.4) is 0 Å². The smallest absolute Gasteiger partial charge is 0.416 e. The Kier molecular flexibility index (Phi) is 5.86. The maximum Gasteiger partial charge on any atom is 0.416 e. The molecule has 1 aromatic heterocycles. The SMILES string of the molecule is CN1CCC[C@@H]1c1ccc(N(C(=O)OC(C)(C)C)C2CCCCC2)nc1. The number of carbonyl (C=O) groups is 1. The first kappa shape index (κ1) is 19.2. The minimum absolute atomic E-state index is 0.186. The van der Waals surface area contributed by atoms with E-state index in [1.165, 1.54) is 24.8 Å². The van der Waals surface area contributed by atoms with Crippen LogP contribution in [-0.4, -0.2) is 41.2 Å². The molecule has 0 aromatic carbocycles. The number of hydrogen-bond donors (Lipinski definition) is 0. The van der Waals surface area contributed by atoms with E-state index in [0.29, 0.717) is 6.04 Å². The molecule has 144 valence electrons. The summed E-state index contributed by atoms with van der Waals surface area (Å²) in [5.41, 5.74) is 0.734. The number of hydrogen-bond acceptors (Lipinski definition) is 4. The molecule has 1 saturated carbocycles. The van der Waals surface area contributed by atoms with Crippen LogP contribution < -0.4 is 4.90 Å². The third kappa shape index (κ3) is 4.56. The summed E-state index contributed by atoms with van der Waals surface area (Å²) in [4.78, 5) is 21.8. The van der Waals surface area contributed by atoms with E-state index in [4.69, 9.17) is 4.74 Å². The van der Waals surface area contributed by atoms with Crippen molar-refractivity contribution in [3.8, 4) is 0 Å². The predicted octanol–water partition coefficient (Wildman–Crippen LogP) is 4.92. The van der Waals surface area contributed by atoms with E-state index in [1.807, 2.05) is 33.0 Å². The fourth-order valence-corrected chi connectivity index (χ4v) is 4.15. The lowest BCUT2D eigenvalue weighted by Crippen LogP contribution is -2.45. The monoisotopic (exact) mass is 359 g/mol. The quantitative estimate of drug-likeness (QED) is 0.768. The van der Waals surface area contributed by atoms with Crippen molar-refractivity contribution in [2.24, 2.45) is 0 Å². The first-order valence-corrected chi connectivity index (χ1v) is 10.0. The summed E-state index contributed by atoms with van der Waals surface area (Å²) < 4.78 is 5.69. The molecule has 0 unspecified atom stereocenters. The highest BCUT2D eigenvalue weighted by atomic mass is 16.6. The van der Waals surface area contributed by atoms with E-state index in [2.05, 4.69) is 23.0 Å². The highest BCUT2D eigenvalue weighted by molar-refractivity contribution is 5.87. The van der Waals surface area contributed by atoms with Gasteiger partial charge in [-0.25, -0.2) is 9.78 Å². The zero-order chi connectivity index (χ0) is 18.7. The number of likely N-dealkylation sites (tertiary alicyclic amines) is 1. The molecule has 3 rings (SSSR count). The third-order valence-electron chi connectivity index (χ3n) is 5.45. The van der Waals surface area contributed by atoms with E-state index in [0.717, 1.165) is 38.0 Å². The summed E-state index contributed by atoms with van der Waals surface area (Å²) >= 11 is 0. The second-order valence-corrected chi connectivity index (χ2v) is 8.73. The van der Waals surface area contributed by atoms with Crippen LogP contribution in [0.5, 0.6) is 0 Å². The molecular weight excluding hydrogens is 326 g/mol. The van der Waals surface area contributed by atoms with E-state index in [1.54, 1.807) is 4.90 Å². The van der Waals surface area contributed by atoms with E-state index in [-0.39, 0.29) is 12.1 Å². The van der Waals surface area contributed by atoms with Crippen molar-refractivity contribution in [1.82, 2.24) is 9.88 Å². The van der Waals surface area contributed by atoms with Gasteiger partial charge in [-0.15, -0.1) is 0 Å². The van der Waals surface area contributed by atoms with Crippen molar-refractivity contribution in [3.63, 3.8) is 0 Å². The molecule has 0 N–H and O–H groups in total. The lowest BCUT2D eigenvalue weighted by Gasteiger charge is -2.35. The van der Waals surface area contributed by atoms with Crippen LogP contribution in [0, 0.1) is 0 Å². The zero-order valence-electron chi connectivity index (χ0n) is 16.7. The molecule has 0 radical (unpaired) electrons. The molecule has 1 amide bonds. The molecule has 0 spiro atoms. The highest BCUT2D eigenvalue weighted by Crippen LogP contribution is 2.32. The summed E-state index contributed by atoms with van der Waals surface area (Å²) in [6, 6.07) is 4.77. The Labute approximate surface area is 157 Å². The van der Waals surface area contributed by atoms with Crippen molar-refractivity contribution < 1.29 is 9.53 Å². The molecule has 1 aliphatic carbocycles. The minimum atomic E-state index is -0.503. The van der Waals surface area contributed by atoms with E-state index in [9.17, 15) is 4.79 Å². The molecule has 2 heterocycles. The Morgan fingerprint density at radius 3 is 2.42 bits per heavy atom. The summed E-state index contributed by atoms with van der Waals surface area (Å²) in [6.45, 7) is 6.88. The topological polar surface area (TPSA) is 45.7 Å². The van der Waals surface area contributed by atoms with Gasteiger partial charge >= 0.3 is 6.09 Å². The van der Waals surface area contributed by atoms with Crippen molar-refractivity contribution in [2.75, 3.05) is 18.5 Å². The van der Waals surface area contributed by atoms with Gasteiger partial charge in [-0.3, -0.25) is 9.80 Å². The summed E-state index contributed by atoms with van der Waals surface area (Å²) in [5, 5.41) is 0. The predicted molar refractivity (Wildman–Crippen MR) is 104 cm³/mol. The van der Waals surface area contributed by atoms with Gasteiger partial charge in [-0.1, -0.05) is 25.3 Å². The molecule has 0 bridgehead atoms. The number of aromatic nitrogens is 1. The van der Waals surface area contributed by atoms with Crippen LogP contribution in [0.15, 0.2) is 18.3 Å². The van der Waals surface area contributed by atoms with Gasteiger partial charge in [0.25, 0.3) is 0 Å². The standard InChI is InChI=1S/C21H33N3O2/c1-21(2,3)26-20(25)24(17-9-6-5-7-10-17)19-13-12-16(15-22-19)18-11-8-14-23(18)4/h12-13,15,17-18H,5-11,14H2,1-4H3/t18-/m1/s1. The maximum absolute atomic E-state index is 12.9. The van der Waals surface area contributed by atoms with Crippen molar-refractivity contribution in [1.29, 1.82) is 0 Å². The van der Waals surface area contributed by atoms with Gasteiger partial charge in [0, 0.05) is 18.3 Å². The van der Waals surface area contributed by atoms with E-state index < -0.39 is 5.60 Å². The van der Waals surface area contributed by atoms with Crippen LogP contribution in [0.2, 0.25) is 0 Å². The Bertz CT molecular complexity index is 603. The highest BCUT2D eigenvalue weighted by Gasteiger charge is 2.32. The molecule has 5 nitrogen and oxygen atoms in total. The Hall–Kier alpha value is -1.62. The molecule has 2 fully saturated rings. The number of rotatable bonds is 3. The van der Waals surface area contributed by atoms with Crippen molar-refractivity contribution >= 4 is 11.9 Å². The van der Waals surface area contributed by atoms with Gasteiger partial charge in [0.15, 0.2) is 0 Å². The number of ether oxygens (including phenoxy) is 1. The van der Waals surface area contributed by atoms with Gasteiger partial charge in [-0.2, -0.15) is 0 Å². The third-order valence-corrected chi connectivity index (χ3v) is 5.45. The number of anilines is 1. The lowest BCUT2D eigenvalue weighted by atomic mass is 9.94. The van der Waals surface area contributed by atoms with Crippen LogP contribution in [0.25, 0.3) is 0 Å². The minimum Gasteiger partial charge on any atom is -0.443 e. The fraction of sp³-hybridized carbons (Fsp3) is 0.714. The molecule has 5 heteroatoms. The van der Waals surface area contributed by atoms with Gasteiger partial charge in [0.2, 0.25) is 0 Å². The number of pyridine rings is 1. The van der Waals surface area contributed by atoms with Gasteiger partial charge in [0.1, 0.15) is 11.4 Å². The first-order chi connectivity index (χ1) is 12.3. The van der Waals surface area contributed by atoms with Gasteiger partial charge in [-0.05, 0) is 71.7 Å². The van der Waals surface area contributed by atoms with Crippen LogP contribution in [0.1, 0.15) is 77.3 Å². The molecule has 1 aromatic rings. The molecular formula is C21H33N3O2. The Morgan fingerprint density at radius 1 is 1.15 bits per heavy atom. The number of nitrogens with zero attached hydrogens (tertiary/aromatic N) is 3. The lowest BCUT2D eigenvalue weighted by molar-refractivity contribution is 0.0556. The summed E-state index contributed by atoms with van der Waals surface area (Å²) in [5.74, 6) is 0.718. The summed E-state index contributed by atoms with van der Waals surface area (Å²) in [6.07, 6.45) is 9.69. The van der Waals surface area contributed by atoms with Crippen LogP contribution in [0.4, 0.5) is 10.6 Å². The van der Waals surface area contributed by atoms with E-state index >= 15 is 0 Å². The second kappa shape index (κ2) is 7.95. The van der Waals surface area contributed by atoms with Crippen molar-refractivity contribution in [2.45, 2.75) is 83.4 Å². The molecule has 2 aliphatic rings. The number of amides is 1. The van der Waals surface area contributed by atoms with Gasteiger partial charge in [0.05, 0.1) is 0 Å². The Morgan fingerprint density at radius 2 is 1.88 bits per heavy atom. The molecule has 1 saturated heterocycles. The molecule has 1 atom stereocenters. The van der Waals surface area contributed by atoms with Gasteiger partial charge < -0.3 is 4.74 Å². The molecule has 26 heavy (non-hydrogen) atoms. The largest absolute Gasteiger partial charge is 0.443 e. The van der Waals surface area contributed by atoms with Crippen LogP contribution >= 0.6 is 0 Å². The first-order valence-electron chi connectivity index (χ1n) is 10.0.